The molecule has 0 amide bonds. The number of methoxy groups -OCH3 is 2. The van der Waals surface area contributed by atoms with Crippen LogP contribution in [0, 0.1) is 10.1 Å². The lowest BCUT2D eigenvalue weighted by Gasteiger charge is -2.43. The summed E-state index contributed by atoms with van der Waals surface area (Å²) < 4.78 is 10.7. The zero-order valence-corrected chi connectivity index (χ0v) is 33.5. The quantitative estimate of drug-likeness (QED) is 0.138. The fraction of sp³-hybridized carbons (Fsp3) is 0.619. The lowest BCUT2D eigenvalue weighted by Crippen LogP contribution is -2.52. The number of piperazine rings is 2. The third-order valence-corrected chi connectivity index (χ3v) is 11.5. The standard InChI is InChI=1S/C20H30N4O3.C20H32N4O.CH4O.CH4/c1-4-5-16-14-19(24(25)26)20(27-3)15-18(16)23-8-6-17(7-9-23)22-12-10-21(2)11-13-22;1-4-5-16-14-18(21)20(25-3)15-19(16)24-8-6-17(7-9-24)23-12-10-22(2)11-13-23;1-2;/h4,14-15,17H,1,5-13H2,2-3H3;4,14-15,17H,1,5-13,21H2,2-3H3;2H,1H3;1H4. The summed E-state index contributed by atoms with van der Waals surface area (Å²) >= 11 is 0. The monoisotopic (exact) mass is 767 g/mol. The smallest absolute Gasteiger partial charge is 0.311 e. The second kappa shape index (κ2) is 22.6. The fourth-order valence-electron chi connectivity index (χ4n) is 8.26. The largest absolute Gasteiger partial charge is 0.495 e. The molecule has 13 nitrogen and oxygen atoms in total. The van der Waals surface area contributed by atoms with Gasteiger partial charge in [0.25, 0.3) is 0 Å². The second-order valence-electron chi connectivity index (χ2n) is 14.7. The van der Waals surface area contributed by atoms with Crippen LogP contribution in [0.2, 0.25) is 0 Å². The number of aliphatic hydroxyl groups is 1. The summed E-state index contributed by atoms with van der Waals surface area (Å²) in [5.41, 5.74) is 11.3. The van der Waals surface area contributed by atoms with Crippen LogP contribution in [0.25, 0.3) is 0 Å². The van der Waals surface area contributed by atoms with E-state index in [1.54, 1.807) is 19.3 Å². The average Bonchev–Trinajstić information content (AvgIpc) is 3.20. The maximum absolute atomic E-state index is 11.3. The molecule has 0 bridgehead atoms. The van der Waals surface area contributed by atoms with Gasteiger partial charge >= 0.3 is 5.69 Å². The highest BCUT2D eigenvalue weighted by molar-refractivity contribution is 5.68. The molecule has 308 valence electrons. The van der Waals surface area contributed by atoms with Gasteiger partial charge < -0.3 is 39.9 Å². The van der Waals surface area contributed by atoms with Gasteiger partial charge in [-0.3, -0.25) is 19.9 Å². The number of ether oxygens (including phenoxy) is 2. The first-order valence-corrected chi connectivity index (χ1v) is 19.5. The highest BCUT2D eigenvalue weighted by atomic mass is 16.6. The number of benzene rings is 2. The molecule has 4 aliphatic heterocycles. The first-order chi connectivity index (χ1) is 26.1. The van der Waals surface area contributed by atoms with Crippen LogP contribution < -0.4 is 25.0 Å². The molecule has 0 radical (unpaired) electrons. The molecular weight excluding hydrogens is 697 g/mol. The number of likely N-dealkylation sites (N-methyl/N-ethyl adjacent to an activating group) is 2. The number of hydrogen-bond acceptors (Lipinski definition) is 12. The molecule has 2 aromatic rings. The van der Waals surface area contributed by atoms with E-state index in [1.165, 1.54) is 57.4 Å². The lowest BCUT2D eigenvalue weighted by molar-refractivity contribution is -0.385. The molecule has 2 aromatic carbocycles. The zero-order valence-electron chi connectivity index (χ0n) is 33.5. The number of piperidine rings is 2. The second-order valence-corrected chi connectivity index (χ2v) is 14.7. The first kappa shape index (κ1) is 45.5. The molecule has 4 fully saturated rings. The van der Waals surface area contributed by atoms with Crippen molar-refractivity contribution in [3.8, 4) is 11.5 Å². The van der Waals surface area contributed by atoms with Crippen molar-refractivity contribution >= 4 is 22.7 Å². The van der Waals surface area contributed by atoms with Crippen LogP contribution in [-0.4, -0.2) is 156 Å². The molecule has 0 atom stereocenters. The van der Waals surface area contributed by atoms with E-state index in [1.807, 2.05) is 18.2 Å². The summed E-state index contributed by atoms with van der Waals surface area (Å²) in [4.78, 5) is 25.9. The van der Waals surface area contributed by atoms with Crippen LogP contribution in [0.15, 0.2) is 49.6 Å². The molecule has 55 heavy (non-hydrogen) atoms. The van der Waals surface area contributed by atoms with E-state index in [-0.39, 0.29) is 18.0 Å². The Hall–Kier alpha value is -3.88. The minimum Gasteiger partial charge on any atom is -0.495 e. The average molecular weight is 767 g/mol. The molecule has 0 saturated carbocycles. The number of hydrogen-bond donors (Lipinski definition) is 2. The van der Waals surface area contributed by atoms with E-state index in [9.17, 15) is 10.1 Å². The molecule has 0 spiro atoms. The Bertz CT molecular complexity index is 1490. The number of nitrogen functional groups attached to an aromatic ring is 1. The molecule has 4 aliphatic rings. The van der Waals surface area contributed by atoms with Crippen LogP contribution in [-0.2, 0) is 12.8 Å². The predicted molar refractivity (Wildman–Crippen MR) is 228 cm³/mol. The third kappa shape index (κ3) is 12.1. The topological polar surface area (TPSA) is 127 Å². The number of nitrogens with two attached hydrogens (primary N) is 1. The Balaban J connectivity index is 0.000000279. The van der Waals surface area contributed by atoms with Gasteiger partial charge in [0.2, 0.25) is 0 Å². The number of allylic oxidation sites excluding steroid dienone is 2. The first-order valence-electron chi connectivity index (χ1n) is 19.5. The number of nitro groups is 1. The summed E-state index contributed by atoms with van der Waals surface area (Å²) in [5.74, 6) is 1.09. The third-order valence-electron chi connectivity index (χ3n) is 11.5. The van der Waals surface area contributed by atoms with Gasteiger partial charge in [-0.1, -0.05) is 19.6 Å². The van der Waals surface area contributed by atoms with Gasteiger partial charge in [0, 0.05) is 127 Å². The summed E-state index contributed by atoms with van der Waals surface area (Å²) in [5, 5.41) is 18.3. The highest BCUT2D eigenvalue weighted by Gasteiger charge is 2.30. The van der Waals surface area contributed by atoms with Crippen molar-refractivity contribution in [1.82, 2.24) is 19.6 Å². The number of aliphatic hydroxyl groups excluding tert-OH is 1. The molecular formula is C42H70N8O5. The van der Waals surface area contributed by atoms with E-state index < -0.39 is 0 Å². The van der Waals surface area contributed by atoms with Gasteiger partial charge in [0.15, 0.2) is 5.75 Å². The van der Waals surface area contributed by atoms with Gasteiger partial charge in [0.05, 0.1) is 24.8 Å². The fourth-order valence-corrected chi connectivity index (χ4v) is 8.26. The van der Waals surface area contributed by atoms with E-state index >= 15 is 0 Å². The van der Waals surface area contributed by atoms with Crippen molar-refractivity contribution in [2.75, 3.05) is 129 Å². The molecule has 4 heterocycles. The normalized spacial score (nSPS) is 19.2. The van der Waals surface area contributed by atoms with Crippen molar-refractivity contribution in [3.05, 3.63) is 70.8 Å². The van der Waals surface area contributed by atoms with Crippen molar-refractivity contribution in [3.63, 3.8) is 0 Å². The number of nitro benzene ring substituents is 1. The van der Waals surface area contributed by atoms with E-state index in [0.29, 0.717) is 23.9 Å². The summed E-state index contributed by atoms with van der Waals surface area (Å²) in [7, 11) is 8.57. The van der Waals surface area contributed by atoms with Crippen molar-refractivity contribution in [1.29, 1.82) is 0 Å². The molecule has 0 aliphatic carbocycles. The minimum atomic E-state index is -0.380. The SMILES string of the molecule is C.C=CCc1cc(N)c(OC)cc1N1CCC(N2CCN(C)CC2)CC1.C=CCc1cc([N+](=O)[O-])c(OC)cc1N1CCC(N2CCN(C)CC2)CC1.CO. The van der Waals surface area contributed by atoms with Gasteiger partial charge in [-0.05, 0) is 69.8 Å². The van der Waals surface area contributed by atoms with Gasteiger partial charge in [0.1, 0.15) is 5.75 Å². The van der Waals surface area contributed by atoms with Crippen molar-refractivity contribution in [2.45, 2.75) is 58.0 Å². The van der Waals surface area contributed by atoms with Gasteiger partial charge in [-0.2, -0.15) is 0 Å². The molecule has 4 saturated heterocycles. The van der Waals surface area contributed by atoms with E-state index in [2.05, 4.69) is 62.7 Å². The van der Waals surface area contributed by atoms with Crippen LogP contribution in [0.4, 0.5) is 22.7 Å². The highest BCUT2D eigenvalue weighted by Crippen LogP contribution is 2.37. The van der Waals surface area contributed by atoms with Crippen LogP contribution in [0.3, 0.4) is 0 Å². The molecule has 0 aromatic heterocycles. The number of anilines is 3. The van der Waals surface area contributed by atoms with Crippen molar-refractivity contribution in [2.24, 2.45) is 0 Å². The van der Waals surface area contributed by atoms with Gasteiger partial charge in [-0.25, -0.2) is 0 Å². The summed E-state index contributed by atoms with van der Waals surface area (Å²) in [6, 6.07) is 8.98. The van der Waals surface area contributed by atoms with E-state index in [4.69, 9.17) is 20.3 Å². The Morgan fingerprint density at radius 1 is 0.709 bits per heavy atom. The van der Waals surface area contributed by atoms with Crippen LogP contribution in [0.1, 0.15) is 44.2 Å². The van der Waals surface area contributed by atoms with Crippen LogP contribution in [0.5, 0.6) is 11.5 Å². The Morgan fingerprint density at radius 3 is 1.45 bits per heavy atom. The molecule has 6 rings (SSSR count). The van der Waals surface area contributed by atoms with Crippen molar-refractivity contribution < 1.29 is 19.5 Å². The van der Waals surface area contributed by atoms with Crippen LogP contribution >= 0.6 is 0 Å². The summed E-state index contributed by atoms with van der Waals surface area (Å²) in [6.07, 6.45) is 9.88. The molecule has 3 N–H and O–H groups in total. The van der Waals surface area contributed by atoms with E-state index in [0.717, 1.165) is 102 Å². The zero-order chi connectivity index (χ0) is 39.2. The number of nitrogens with zero attached hydrogens (tertiary/aromatic N) is 7. The number of rotatable bonds is 11. The summed E-state index contributed by atoms with van der Waals surface area (Å²) in [6.45, 7) is 21.2. The minimum absolute atomic E-state index is 0. The Morgan fingerprint density at radius 2 is 1.09 bits per heavy atom. The lowest BCUT2D eigenvalue weighted by atomic mass is 9.99. The molecule has 13 heteroatoms. The molecule has 0 unspecified atom stereocenters. The predicted octanol–water partition coefficient (Wildman–Crippen LogP) is 5.01. The van der Waals surface area contributed by atoms with Gasteiger partial charge in [-0.15, -0.1) is 13.2 Å². The Kier molecular flexibility index (Phi) is 18.7. The maximum Gasteiger partial charge on any atom is 0.311 e. The Labute approximate surface area is 331 Å². The maximum atomic E-state index is 11.3.